The number of alkyl halides is 5. The minimum absolute atomic E-state index is 0.00478. The molecule has 1 unspecified atom stereocenters. The largest absolute Gasteiger partial charge is 0.401 e. The van der Waals surface area contributed by atoms with Crippen LogP contribution in [0, 0.1) is 16.7 Å². The topological polar surface area (TPSA) is 86.3 Å². The molecule has 1 aromatic carbocycles. The molecule has 1 amide bonds. The maximum Gasteiger partial charge on any atom is 0.401 e. The van der Waals surface area contributed by atoms with Gasteiger partial charge in [0.05, 0.1) is 29.6 Å². The van der Waals surface area contributed by atoms with Crippen molar-refractivity contribution in [3.63, 3.8) is 0 Å². The van der Waals surface area contributed by atoms with Crippen molar-refractivity contribution in [2.75, 3.05) is 11.4 Å². The number of carbonyl (C=O) groups is 1. The van der Waals surface area contributed by atoms with Crippen LogP contribution in [-0.2, 0) is 10.2 Å². The highest BCUT2D eigenvalue weighted by Crippen LogP contribution is 2.71. The molecule has 2 aliphatic rings. The second kappa shape index (κ2) is 7.77. The van der Waals surface area contributed by atoms with Crippen LogP contribution < -0.4 is 10.2 Å². The Balaban J connectivity index is 1.51. The number of halogens is 6. The Hall–Kier alpha value is -3.46. The SMILES string of the molecule is CC(C#N)NC(=O)[C@]1(C)[C@@H](c2ccc(N3C[C@@](C)(C(F)(F)F)c4c3cnc3cc(Cl)nn43)cc2)C1(F)F. The van der Waals surface area contributed by atoms with Gasteiger partial charge in [-0.15, -0.1) is 0 Å². The Morgan fingerprint density at radius 3 is 2.51 bits per heavy atom. The number of nitrogens with zero attached hydrogens (tertiary/aromatic N) is 5. The summed E-state index contributed by atoms with van der Waals surface area (Å²) in [5.41, 5.74) is -3.71. The maximum absolute atomic E-state index is 14.8. The molecule has 5 rings (SSSR count). The molecule has 194 valence electrons. The predicted octanol–water partition coefficient (Wildman–Crippen LogP) is 5.12. The van der Waals surface area contributed by atoms with Crippen molar-refractivity contribution >= 4 is 34.5 Å². The summed E-state index contributed by atoms with van der Waals surface area (Å²) >= 11 is 5.93. The fourth-order valence-electron chi connectivity index (χ4n) is 5.12. The molecule has 7 nitrogen and oxygen atoms in total. The first-order valence-electron chi connectivity index (χ1n) is 11.2. The summed E-state index contributed by atoms with van der Waals surface area (Å²) in [6, 6.07) is 7.82. The Kier molecular flexibility index (Phi) is 5.29. The second-order valence-electron chi connectivity index (χ2n) is 9.82. The number of nitrogens with one attached hydrogen (secondary N) is 1. The molecule has 2 aromatic heterocycles. The molecule has 3 heterocycles. The standard InChI is InChI=1S/C24H20ClF5N6O/c1-12(9-31)33-20(37)22(3)18(23(22,26)27)13-4-6-14(7-5-13)35-11-21(2,24(28,29)30)19-15(35)10-32-17-8-16(25)34-36(17)19/h4-8,10,12,18H,11H2,1-3H3,(H,33,37)/t12?,18-,21-,22+/m1/s1. The second-order valence-corrected chi connectivity index (χ2v) is 10.2. The van der Waals surface area contributed by atoms with Crippen LogP contribution in [0.25, 0.3) is 5.65 Å². The van der Waals surface area contributed by atoms with Gasteiger partial charge in [0.25, 0.3) is 5.92 Å². The van der Waals surface area contributed by atoms with Crippen LogP contribution in [0.15, 0.2) is 36.5 Å². The zero-order chi connectivity index (χ0) is 27.1. The summed E-state index contributed by atoms with van der Waals surface area (Å²) in [6.45, 7) is 3.08. The summed E-state index contributed by atoms with van der Waals surface area (Å²) in [5, 5.41) is 15.2. The predicted molar refractivity (Wildman–Crippen MR) is 124 cm³/mol. The van der Waals surface area contributed by atoms with E-state index in [1.165, 1.54) is 48.4 Å². The van der Waals surface area contributed by atoms with E-state index < -0.39 is 47.3 Å². The van der Waals surface area contributed by atoms with E-state index in [1.54, 1.807) is 6.07 Å². The molecule has 1 aliphatic heterocycles. The van der Waals surface area contributed by atoms with E-state index in [0.717, 1.165) is 18.4 Å². The number of benzene rings is 1. The highest BCUT2D eigenvalue weighted by atomic mass is 35.5. The number of rotatable bonds is 4. The Labute approximate surface area is 212 Å². The molecule has 1 saturated carbocycles. The van der Waals surface area contributed by atoms with Crippen LogP contribution in [0.3, 0.4) is 0 Å². The summed E-state index contributed by atoms with van der Waals surface area (Å²) in [6.07, 6.45) is -3.34. The Morgan fingerprint density at radius 2 is 1.92 bits per heavy atom. The van der Waals surface area contributed by atoms with E-state index in [9.17, 15) is 26.7 Å². The van der Waals surface area contributed by atoms with Crippen LogP contribution in [0.5, 0.6) is 0 Å². The molecule has 4 atom stereocenters. The molecule has 37 heavy (non-hydrogen) atoms. The van der Waals surface area contributed by atoms with Gasteiger partial charge in [-0.25, -0.2) is 18.3 Å². The van der Waals surface area contributed by atoms with Crippen molar-refractivity contribution in [3.8, 4) is 6.07 Å². The number of carbonyl (C=O) groups excluding carboxylic acids is 1. The third kappa shape index (κ3) is 3.40. The number of amides is 1. The van der Waals surface area contributed by atoms with Crippen molar-refractivity contribution in [1.82, 2.24) is 19.9 Å². The monoisotopic (exact) mass is 538 g/mol. The lowest BCUT2D eigenvalue weighted by Crippen LogP contribution is -2.43. The number of aromatic nitrogens is 3. The zero-order valence-electron chi connectivity index (χ0n) is 19.7. The lowest BCUT2D eigenvalue weighted by molar-refractivity contribution is -0.181. The number of hydrogen-bond acceptors (Lipinski definition) is 5. The maximum atomic E-state index is 14.8. The lowest BCUT2D eigenvalue weighted by Gasteiger charge is -2.28. The molecule has 0 spiro atoms. The highest BCUT2D eigenvalue weighted by molar-refractivity contribution is 6.29. The minimum atomic E-state index is -4.64. The van der Waals surface area contributed by atoms with Gasteiger partial charge in [-0.3, -0.25) is 4.79 Å². The van der Waals surface area contributed by atoms with Crippen LogP contribution in [-0.4, -0.2) is 45.2 Å². The van der Waals surface area contributed by atoms with Gasteiger partial charge in [-0.1, -0.05) is 23.7 Å². The molecule has 13 heteroatoms. The van der Waals surface area contributed by atoms with Gasteiger partial charge in [0.15, 0.2) is 10.8 Å². The van der Waals surface area contributed by atoms with E-state index in [1.807, 2.05) is 0 Å². The van der Waals surface area contributed by atoms with Crippen molar-refractivity contribution < 1.29 is 26.7 Å². The first-order valence-corrected chi connectivity index (χ1v) is 11.6. The lowest BCUT2D eigenvalue weighted by atomic mass is 9.87. The average Bonchev–Trinajstić information content (AvgIpc) is 3.11. The fourth-order valence-corrected chi connectivity index (χ4v) is 5.30. The van der Waals surface area contributed by atoms with E-state index in [4.69, 9.17) is 16.9 Å². The molecule has 0 bridgehead atoms. The number of fused-ring (bicyclic) bond motifs is 3. The van der Waals surface area contributed by atoms with Gasteiger partial charge < -0.3 is 10.2 Å². The Bertz CT molecular complexity index is 1470. The first-order chi connectivity index (χ1) is 17.2. The molecule has 1 fully saturated rings. The molecular formula is C24H20ClF5N6O. The third-order valence-corrected chi connectivity index (χ3v) is 7.63. The average molecular weight is 539 g/mol. The summed E-state index contributed by atoms with van der Waals surface area (Å²) in [4.78, 5) is 18.1. The van der Waals surface area contributed by atoms with Crippen molar-refractivity contribution in [2.24, 2.45) is 5.41 Å². The van der Waals surface area contributed by atoms with Gasteiger partial charge in [0.1, 0.15) is 16.9 Å². The van der Waals surface area contributed by atoms with E-state index in [2.05, 4.69) is 15.4 Å². The Morgan fingerprint density at radius 1 is 1.27 bits per heavy atom. The third-order valence-electron chi connectivity index (χ3n) is 7.45. The number of hydrogen-bond donors (Lipinski definition) is 1. The molecular weight excluding hydrogens is 519 g/mol. The van der Waals surface area contributed by atoms with Gasteiger partial charge >= 0.3 is 6.18 Å². The van der Waals surface area contributed by atoms with Crippen LogP contribution in [0.4, 0.5) is 33.3 Å². The number of nitriles is 1. The van der Waals surface area contributed by atoms with Gasteiger partial charge in [-0.2, -0.15) is 23.5 Å². The van der Waals surface area contributed by atoms with Crippen molar-refractivity contribution in [1.29, 1.82) is 5.26 Å². The highest BCUT2D eigenvalue weighted by Gasteiger charge is 2.82. The minimum Gasteiger partial charge on any atom is -0.340 e. The van der Waals surface area contributed by atoms with E-state index >= 15 is 0 Å². The summed E-state index contributed by atoms with van der Waals surface area (Å²) in [5.74, 6) is -5.75. The number of anilines is 2. The van der Waals surface area contributed by atoms with Crippen LogP contribution in [0.1, 0.15) is 37.9 Å². The molecule has 3 aromatic rings. The van der Waals surface area contributed by atoms with Crippen molar-refractivity contribution in [2.45, 2.75) is 50.2 Å². The normalized spacial score (nSPS) is 27.0. The quantitative estimate of drug-likeness (QED) is 0.466. The molecule has 1 N–H and O–H groups in total. The zero-order valence-corrected chi connectivity index (χ0v) is 20.5. The summed E-state index contributed by atoms with van der Waals surface area (Å²) in [7, 11) is 0. The molecule has 0 saturated heterocycles. The van der Waals surface area contributed by atoms with Gasteiger partial charge in [-0.05, 0) is 38.5 Å². The fraction of sp³-hybridized carbons (Fsp3) is 0.417. The van der Waals surface area contributed by atoms with E-state index in [0.29, 0.717) is 5.69 Å². The van der Waals surface area contributed by atoms with E-state index in [-0.39, 0.29) is 27.7 Å². The molecule has 1 aliphatic carbocycles. The smallest absolute Gasteiger partial charge is 0.340 e. The van der Waals surface area contributed by atoms with Gasteiger partial charge in [0.2, 0.25) is 5.91 Å². The van der Waals surface area contributed by atoms with Crippen LogP contribution in [0.2, 0.25) is 5.15 Å². The summed E-state index contributed by atoms with van der Waals surface area (Å²) < 4.78 is 73.7. The van der Waals surface area contributed by atoms with Crippen LogP contribution >= 0.6 is 11.6 Å². The van der Waals surface area contributed by atoms with Gasteiger partial charge in [0, 0.05) is 18.3 Å². The van der Waals surface area contributed by atoms with Crippen molar-refractivity contribution in [3.05, 3.63) is 52.9 Å². The first kappa shape index (κ1) is 25.2. The molecule has 0 radical (unpaired) electrons.